The van der Waals surface area contributed by atoms with E-state index >= 15 is 0 Å². The van der Waals surface area contributed by atoms with Crippen LogP contribution in [0.25, 0.3) is 0 Å². The van der Waals surface area contributed by atoms with Gasteiger partial charge in [0.15, 0.2) is 0 Å². The standard InChI is InChI=1S/C8H13NO2/c10-7-1-4-11-6-8(7)2-3-9-5-8/h9H,1-6H2. The SMILES string of the molecule is O=C1CCOCC12CCNC2. The van der Waals surface area contributed by atoms with Gasteiger partial charge in [0.25, 0.3) is 0 Å². The van der Waals surface area contributed by atoms with E-state index in [1.165, 1.54) is 0 Å². The predicted octanol–water partition coefficient (Wildman–Crippen LogP) is -0.0445. The Labute approximate surface area is 66.1 Å². The summed E-state index contributed by atoms with van der Waals surface area (Å²) < 4.78 is 5.32. The third-order valence-electron chi connectivity index (χ3n) is 2.69. The van der Waals surface area contributed by atoms with Gasteiger partial charge < -0.3 is 10.1 Å². The highest BCUT2D eigenvalue weighted by Gasteiger charge is 2.42. The zero-order chi connectivity index (χ0) is 7.73. The van der Waals surface area contributed by atoms with Gasteiger partial charge in [0.2, 0.25) is 0 Å². The molecular weight excluding hydrogens is 142 g/mol. The Morgan fingerprint density at radius 2 is 2.45 bits per heavy atom. The predicted molar refractivity (Wildman–Crippen MR) is 40.4 cm³/mol. The van der Waals surface area contributed by atoms with E-state index in [2.05, 4.69) is 5.32 Å². The van der Waals surface area contributed by atoms with Crippen molar-refractivity contribution in [1.29, 1.82) is 0 Å². The zero-order valence-electron chi connectivity index (χ0n) is 6.56. The maximum Gasteiger partial charge on any atom is 0.144 e. The van der Waals surface area contributed by atoms with E-state index in [0.29, 0.717) is 25.4 Å². The van der Waals surface area contributed by atoms with E-state index < -0.39 is 0 Å². The molecule has 0 saturated carbocycles. The van der Waals surface area contributed by atoms with Gasteiger partial charge in [-0.1, -0.05) is 0 Å². The second kappa shape index (κ2) is 2.57. The van der Waals surface area contributed by atoms with Crippen molar-refractivity contribution in [1.82, 2.24) is 5.32 Å². The number of Topliss-reactive ketones (excluding diaryl/α,β-unsaturated/α-hetero) is 1. The van der Waals surface area contributed by atoms with Crippen LogP contribution in [-0.4, -0.2) is 32.1 Å². The molecule has 0 radical (unpaired) electrons. The van der Waals surface area contributed by atoms with E-state index in [1.54, 1.807) is 0 Å². The fourth-order valence-electron chi connectivity index (χ4n) is 1.88. The lowest BCUT2D eigenvalue weighted by Crippen LogP contribution is -2.42. The zero-order valence-corrected chi connectivity index (χ0v) is 6.56. The minimum Gasteiger partial charge on any atom is -0.380 e. The Morgan fingerprint density at radius 3 is 3.09 bits per heavy atom. The number of carbonyl (C=O) groups is 1. The number of rotatable bonds is 0. The lowest BCUT2D eigenvalue weighted by atomic mass is 9.81. The summed E-state index contributed by atoms with van der Waals surface area (Å²) in [4.78, 5) is 11.5. The highest BCUT2D eigenvalue weighted by molar-refractivity contribution is 5.86. The van der Waals surface area contributed by atoms with Crippen molar-refractivity contribution in [3.05, 3.63) is 0 Å². The van der Waals surface area contributed by atoms with Crippen LogP contribution in [0.1, 0.15) is 12.8 Å². The molecule has 2 rings (SSSR count). The van der Waals surface area contributed by atoms with Crippen LogP contribution in [0.5, 0.6) is 0 Å². The lowest BCUT2D eigenvalue weighted by Gasteiger charge is -2.30. The molecule has 0 aromatic rings. The van der Waals surface area contributed by atoms with Crippen LogP contribution < -0.4 is 5.32 Å². The first-order valence-electron chi connectivity index (χ1n) is 4.15. The van der Waals surface area contributed by atoms with Gasteiger partial charge in [0, 0.05) is 13.0 Å². The number of carbonyl (C=O) groups excluding carboxylic acids is 1. The summed E-state index contributed by atoms with van der Waals surface area (Å²) in [6.45, 7) is 3.06. The van der Waals surface area contributed by atoms with Crippen LogP contribution in [0.2, 0.25) is 0 Å². The molecule has 62 valence electrons. The summed E-state index contributed by atoms with van der Waals surface area (Å²) in [5, 5.41) is 3.21. The van der Waals surface area contributed by atoms with Crippen LogP contribution in [0.4, 0.5) is 0 Å². The molecule has 1 N–H and O–H groups in total. The van der Waals surface area contributed by atoms with Crippen LogP contribution in [-0.2, 0) is 9.53 Å². The van der Waals surface area contributed by atoms with Crippen LogP contribution in [0.3, 0.4) is 0 Å². The second-order valence-corrected chi connectivity index (χ2v) is 3.43. The molecule has 2 fully saturated rings. The van der Waals surface area contributed by atoms with E-state index in [4.69, 9.17) is 4.74 Å². The topological polar surface area (TPSA) is 38.3 Å². The Hall–Kier alpha value is -0.410. The van der Waals surface area contributed by atoms with Crippen molar-refractivity contribution in [2.24, 2.45) is 5.41 Å². The van der Waals surface area contributed by atoms with Crippen LogP contribution in [0, 0.1) is 5.41 Å². The molecule has 0 aliphatic carbocycles. The third-order valence-corrected chi connectivity index (χ3v) is 2.69. The lowest BCUT2D eigenvalue weighted by molar-refractivity contribution is -0.138. The highest BCUT2D eigenvalue weighted by Crippen LogP contribution is 2.31. The van der Waals surface area contributed by atoms with Crippen molar-refractivity contribution in [2.75, 3.05) is 26.3 Å². The molecule has 3 heteroatoms. The minimum absolute atomic E-state index is 0.141. The summed E-state index contributed by atoms with van der Waals surface area (Å²) in [6.07, 6.45) is 1.58. The molecule has 2 saturated heterocycles. The quantitative estimate of drug-likeness (QED) is 0.533. The van der Waals surface area contributed by atoms with Gasteiger partial charge in [0.05, 0.1) is 18.6 Å². The first-order chi connectivity index (χ1) is 5.33. The van der Waals surface area contributed by atoms with Crippen LogP contribution >= 0.6 is 0 Å². The molecule has 2 aliphatic heterocycles. The molecule has 11 heavy (non-hydrogen) atoms. The highest BCUT2D eigenvalue weighted by atomic mass is 16.5. The van der Waals surface area contributed by atoms with Gasteiger partial charge in [0.1, 0.15) is 5.78 Å². The van der Waals surface area contributed by atoms with Crippen molar-refractivity contribution in [2.45, 2.75) is 12.8 Å². The second-order valence-electron chi connectivity index (χ2n) is 3.43. The van der Waals surface area contributed by atoms with Crippen molar-refractivity contribution < 1.29 is 9.53 Å². The molecular formula is C8H13NO2. The van der Waals surface area contributed by atoms with Crippen molar-refractivity contribution >= 4 is 5.78 Å². The van der Waals surface area contributed by atoms with Gasteiger partial charge in [-0.25, -0.2) is 0 Å². The molecule has 0 bridgehead atoms. The Bertz CT molecular complexity index is 173. The smallest absolute Gasteiger partial charge is 0.144 e. The van der Waals surface area contributed by atoms with Crippen LogP contribution in [0.15, 0.2) is 0 Å². The fourth-order valence-corrected chi connectivity index (χ4v) is 1.88. The monoisotopic (exact) mass is 155 g/mol. The fraction of sp³-hybridized carbons (Fsp3) is 0.875. The largest absolute Gasteiger partial charge is 0.380 e. The number of hydrogen-bond acceptors (Lipinski definition) is 3. The molecule has 2 aliphatic rings. The molecule has 0 amide bonds. The van der Waals surface area contributed by atoms with Crippen molar-refractivity contribution in [3.63, 3.8) is 0 Å². The summed E-state index contributed by atoms with van der Waals surface area (Å²) in [6, 6.07) is 0. The molecule has 3 nitrogen and oxygen atoms in total. The molecule has 1 unspecified atom stereocenters. The van der Waals surface area contributed by atoms with Crippen molar-refractivity contribution in [3.8, 4) is 0 Å². The summed E-state index contributed by atoms with van der Waals surface area (Å²) in [7, 11) is 0. The molecule has 1 atom stereocenters. The maximum atomic E-state index is 11.5. The Balaban J connectivity index is 2.13. The summed E-state index contributed by atoms with van der Waals surface area (Å²) in [5.41, 5.74) is -0.141. The first-order valence-corrected chi connectivity index (χ1v) is 4.15. The van der Waals surface area contributed by atoms with Gasteiger partial charge in [-0.2, -0.15) is 0 Å². The number of nitrogens with one attached hydrogen (secondary N) is 1. The van der Waals surface area contributed by atoms with E-state index in [9.17, 15) is 4.79 Å². The average molecular weight is 155 g/mol. The van der Waals surface area contributed by atoms with E-state index in [0.717, 1.165) is 19.5 Å². The maximum absolute atomic E-state index is 11.5. The van der Waals surface area contributed by atoms with Gasteiger partial charge in [-0.3, -0.25) is 4.79 Å². The molecule has 0 aromatic heterocycles. The summed E-state index contributed by atoms with van der Waals surface area (Å²) in [5.74, 6) is 0.397. The number of ketones is 1. The van der Waals surface area contributed by atoms with Gasteiger partial charge in [-0.05, 0) is 13.0 Å². The third kappa shape index (κ3) is 1.08. The van der Waals surface area contributed by atoms with Gasteiger partial charge in [-0.15, -0.1) is 0 Å². The average Bonchev–Trinajstić information content (AvgIpc) is 2.46. The normalized spacial score (nSPS) is 38.4. The summed E-state index contributed by atoms with van der Waals surface area (Å²) >= 11 is 0. The molecule has 0 aromatic carbocycles. The first kappa shape index (κ1) is 7.25. The van der Waals surface area contributed by atoms with E-state index in [1.807, 2.05) is 0 Å². The Morgan fingerprint density at radius 1 is 1.55 bits per heavy atom. The molecule has 2 heterocycles. The minimum atomic E-state index is -0.141. The Kier molecular flexibility index (Phi) is 1.69. The number of hydrogen-bond donors (Lipinski definition) is 1. The van der Waals surface area contributed by atoms with E-state index in [-0.39, 0.29) is 5.41 Å². The van der Waals surface area contributed by atoms with Gasteiger partial charge >= 0.3 is 0 Å². The number of ether oxygens (including phenoxy) is 1. The molecule has 1 spiro atoms.